The van der Waals surface area contributed by atoms with E-state index in [4.69, 9.17) is 16.0 Å². The van der Waals surface area contributed by atoms with Gasteiger partial charge in [0.15, 0.2) is 12.0 Å². The minimum Gasteiger partial charge on any atom is -0.394 e. The zero-order chi connectivity index (χ0) is 15.0. The van der Waals surface area contributed by atoms with Crippen LogP contribution in [0.25, 0.3) is 21.5 Å². The Labute approximate surface area is 118 Å². The molecule has 3 heterocycles. The molecule has 110 valence electrons. The van der Waals surface area contributed by atoms with Crippen molar-refractivity contribution in [1.29, 1.82) is 0 Å². The van der Waals surface area contributed by atoms with Gasteiger partial charge in [-0.15, -0.1) is 0 Å². The maximum absolute atomic E-state index is 10.3. The van der Waals surface area contributed by atoms with Crippen LogP contribution >= 0.6 is 0 Å². The van der Waals surface area contributed by atoms with Crippen LogP contribution in [-0.2, 0) is 4.74 Å². The van der Waals surface area contributed by atoms with Crippen molar-refractivity contribution in [3.8, 4) is 0 Å². The quantitative estimate of drug-likeness (QED) is 0.408. The summed E-state index contributed by atoms with van der Waals surface area (Å²) in [5.41, 5.74) is 15.4. The number of aliphatic hydroxyl groups is 2. The lowest BCUT2D eigenvalue weighted by molar-refractivity contribution is -0.0485. The molecular formula is C11H13N7O3. The van der Waals surface area contributed by atoms with E-state index in [-0.39, 0.29) is 12.4 Å². The van der Waals surface area contributed by atoms with E-state index in [2.05, 4.69) is 20.0 Å². The SMILES string of the molecule is [N-]=[N+]=N[C@H]1[C@@H](O)[C@H](n2cnc3c(N)nccc32)O[C@@H]1CO. The maximum atomic E-state index is 10.3. The van der Waals surface area contributed by atoms with Gasteiger partial charge in [-0.05, 0) is 11.6 Å². The number of rotatable bonds is 3. The van der Waals surface area contributed by atoms with Crippen molar-refractivity contribution in [2.75, 3.05) is 12.3 Å². The van der Waals surface area contributed by atoms with E-state index >= 15 is 0 Å². The predicted octanol–water partition coefficient (Wildman–Crippen LogP) is -0.0570. The van der Waals surface area contributed by atoms with Crippen molar-refractivity contribution in [3.63, 3.8) is 0 Å². The molecule has 2 aromatic heterocycles. The molecule has 1 aliphatic rings. The van der Waals surface area contributed by atoms with Gasteiger partial charge in [-0.25, -0.2) is 9.97 Å². The summed E-state index contributed by atoms with van der Waals surface area (Å²) in [5, 5.41) is 23.1. The number of fused-ring (bicyclic) bond motifs is 1. The fraction of sp³-hybridized carbons (Fsp3) is 0.455. The summed E-state index contributed by atoms with van der Waals surface area (Å²) in [7, 11) is 0. The second-order valence-electron chi connectivity index (χ2n) is 4.65. The number of nitrogens with zero attached hydrogens (tertiary/aromatic N) is 6. The molecule has 1 saturated heterocycles. The van der Waals surface area contributed by atoms with Crippen LogP contribution in [0.15, 0.2) is 23.7 Å². The zero-order valence-electron chi connectivity index (χ0n) is 10.8. The van der Waals surface area contributed by atoms with Gasteiger partial charge in [-0.2, -0.15) is 0 Å². The highest BCUT2D eigenvalue weighted by molar-refractivity contribution is 5.84. The molecule has 1 fully saturated rings. The second kappa shape index (κ2) is 5.19. The average Bonchev–Trinajstić information content (AvgIpc) is 3.03. The summed E-state index contributed by atoms with van der Waals surface area (Å²) in [6, 6.07) is 0.811. The molecule has 10 heteroatoms. The van der Waals surface area contributed by atoms with E-state index in [0.717, 1.165) is 0 Å². The fourth-order valence-corrected chi connectivity index (χ4v) is 2.50. The summed E-state index contributed by atoms with van der Waals surface area (Å²) in [6.45, 7) is -0.367. The van der Waals surface area contributed by atoms with Gasteiger partial charge in [0.05, 0.1) is 30.6 Å². The van der Waals surface area contributed by atoms with E-state index in [1.54, 1.807) is 10.6 Å². The first kappa shape index (κ1) is 13.6. The van der Waals surface area contributed by atoms with E-state index in [1.165, 1.54) is 12.5 Å². The Hall–Kier alpha value is -2.39. The molecule has 1 aliphatic heterocycles. The highest BCUT2D eigenvalue weighted by Crippen LogP contribution is 2.33. The van der Waals surface area contributed by atoms with Gasteiger partial charge in [0.2, 0.25) is 0 Å². The molecule has 2 aromatic rings. The Bertz CT molecular complexity index is 711. The minimum atomic E-state index is -1.11. The number of anilines is 1. The largest absolute Gasteiger partial charge is 0.394 e. The third-order valence-corrected chi connectivity index (χ3v) is 3.50. The monoisotopic (exact) mass is 291 g/mol. The van der Waals surface area contributed by atoms with Gasteiger partial charge in [0, 0.05) is 11.1 Å². The zero-order valence-corrected chi connectivity index (χ0v) is 10.8. The maximum Gasteiger partial charge on any atom is 0.162 e. The van der Waals surface area contributed by atoms with Crippen molar-refractivity contribution < 1.29 is 14.9 Å². The number of azide groups is 1. The highest BCUT2D eigenvalue weighted by Gasteiger charge is 2.44. The lowest BCUT2D eigenvalue weighted by Gasteiger charge is -2.17. The topological polar surface area (TPSA) is 155 Å². The van der Waals surface area contributed by atoms with Gasteiger partial charge in [0.1, 0.15) is 11.6 Å². The Morgan fingerprint density at radius 3 is 3.05 bits per heavy atom. The van der Waals surface area contributed by atoms with Crippen LogP contribution in [0.2, 0.25) is 0 Å². The van der Waals surface area contributed by atoms with Crippen LogP contribution in [0.4, 0.5) is 5.82 Å². The van der Waals surface area contributed by atoms with Crippen LogP contribution in [0, 0.1) is 0 Å². The molecule has 0 bridgehead atoms. The molecule has 4 atom stereocenters. The van der Waals surface area contributed by atoms with Gasteiger partial charge in [0.25, 0.3) is 0 Å². The molecule has 3 rings (SSSR count). The molecule has 0 aromatic carbocycles. The Balaban J connectivity index is 2.03. The van der Waals surface area contributed by atoms with E-state index in [9.17, 15) is 10.2 Å². The normalized spacial score (nSPS) is 28.7. The van der Waals surface area contributed by atoms with Crippen LogP contribution in [0.1, 0.15) is 6.23 Å². The summed E-state index contributed by atoms with van der Waals surface area (Å²) < 4.78 is 7.15. The molecule has 0 amide bonds. The number of pyridine rings is 1. The molecule has 0 saturated carbocycles. The van der Waals surface area contributed by atoms with Crippen molar-refractivity contribution in [2.24, 2.45) is 5.11 Å². The van der Waals surface area contributed by atoms with Crippen LogP contribution < -0.4 is 5.73 Å². The Morgan fingerprint density at radius 1 is 1.52 bits per heavy atom. The Kier molecular flexibility index (Phi) is 3.35. The molecule has 0 unspecified atom stereocenters. The number of nitrogens with two attached hydrogens (primary N) is 1. The minimum absolute atomic E-state index is 0.268. The second-order valence-corrected chi connectivity index (χ2v) is 4.65. The van der Waals surface area contributed by atoms with Gasteiger partial charge in [-0.1, -0.05) is 5.11 Å². The van der Waals surface area contributed by atoms with Crippen LogP contribution in [0.5, 0.6) is 0 Å². The number of aliphatic hydroxyl groups excluding tert-OH is 2. The lowest BCUT2D eigenvalue weighted by atomic mass is 10.1. The van der Waals surface area contributed by atoms with Crippen molar-refractivity contribution >= 4 is 16.9 Å². The van der Waals surface area contributed by atoms with Gasteiger partial charge in [-0.3, -0.25) is 0 Å². The summed E-state index contributed by atoms with van der Waals surface area (Å²) >= 11 is 0. The summed E-state index contributed by atoms with van der Waals surface area (Å²) in [6.07, 6.45) is 0.265. The number of nitrogen functional groups attached to an aromatic ring is 1. The van der Waals surface area contributed by atoms with Gasteiger partial charge >= 0.3 is 0 Å². The average molecular weight is 291 g/mol. The lowest BCUT2D eigenvalue weighted by Crippen LogP contribution is -2.31. The first-order valence-corrected chi connectivity index (χ1v) is 6.23. The molecule has 0 radical (unpaired) electrons. The molecule has 10 nitrogen and oxygen atoms in total. The first-order chi connectivity index (χ1) is 10.2. The highest BCUT2D eigenvalue weighted by atomic mass is 16.5. The summed E-state index contributed by atoms with van der Waals surface area (Å²) in [4.78, 5) is 10.7. The van der Waals surface area contributed by atoms with Crippen molar-refractivity contribution in [2.45, 2.75) is 24.5 Å². The third-order valence-electron chi connectivity index (χ3n) is 3.50. The Morgan fingerprint density at radius 2 is 2.33 bits per heavy atom. The molecule has 0 aliphatic carbocycles. The number of imidazole rings is 1. The van der Waals surface area contributed by atoms with E-state index < -0.39 is 24.5 Å². The smallest absolute Gasteiger partial charge is 0.162 e. The van der Waals surface area contributed by atoms with Gasteiger partial charge < -0.3 is 25.3 Å². The molecule has 4 N–H and O–H groups in total. The molecule has 0 spiro atoms. The third kappa shape index (κ3) is 2.06. The van der Waals surface area contributed by atoms with Crippen LogP contribution in [-0.4, -0.2) is 49.6 Å². The number of aromatic nitrogens is 3. The van der Waals surface area contributed by atoms with Crippen molar-refractivity contribution in [3.05, 3.63) is 29.0 Å². The fourth-order valence-electron chi connectivity index (χ4n) is 2.50. The first-order valence-electron chi connectivity index (χ1n) is 6.23. The number of hydrogen-bond acceptors (Lipinski definition) is 7. The van der Waals surface area contributed by atoms with E-state index in [0.29, 0.717) is 11.0 Å². The molecular weight excluding hydrogens is 278 g/mol. The predicted molar refractivity (Wildman–Crippen MR) is 71.9 cm³/mol. The number of ether oxygens (including phenoxy) is 1. The van der Waals surface area contributed by atoms with E-state index in [1.807, 2.05) is 0 Å². The summed E-state index contributed by atoms with van der Waals surface area (Å²) in [5.74, 6) is 0.268. The number of hydrogen-bond donors (Lipinski definition) is 3. The standard InChI is InChI=1S/C11H13N7O3/c12-10-7-5(1-2-14-10)18(4-15-7)11-9(20)8(16-17-13)6(3-19)21-11/h1-2,4,6,8-9,11,19-20H,3H2,(H2,12,14)/t6-,8-,9-,11-/m1/s1. The van der Waals surface area contributed by atoms with Crippen LogP contribution in [0.3, 0.4) is 0 Å². The van der Waals surface area contributed by atoms with Crippen molar-refractivity contribution in [1.82, 2.24) is 14.5 Å². The molecule has 21 heavy (non-hydrogen) atoms.